The molecule has 0 aliphatic heterocycles. The number of hydrogen-bond donors (Lipinski definition) is 1. The largest absolute Gasteiger partial charge is 0.490 e. The summed E-state index contributed by atoms with van der Waals surface area (Å²) < 4.78 is 11.5. The second-order valence-electron chi connectivity index (χ2n) is 6.09. The Morgan fingerprint density at radius 1 is 0.852 bits per heavy atom. The Morgan fingerprint density at radius 3 is 2.11 bits per heavy atom. The van der Waals surface area contributed by atoms with E-state index >= 15 is 0 Å². The van der Waals surface area contributed by atoms with Crippen LogP contribution in [0.4, 0.5) is 0 Å². The Hall–Kier alpha value is -2.82. The van der Waals surface area contributed by atoms with Crippen molar-refractivity contribution in [3.05, 3.63) is 59.2 Å². The van der Waals surface area contributed by atoms with Crippen LogP contribution in [-0.4, -0.2) is 31.4 Å². The highest BCUT2D eigenvalue weighted by Gasteiger charge is 2.19. The fourth-order valence-corrected chi connectivity index (χ4v) is 2.60. The van der Waals surface area contributed by atoms with Gasteiger partial charge in [-0.2, -0.15) is 0 Å². The summed E-state index contributed by atoms with van der Waals surface area (Å²) >= 11 is 0. The van der Waals surface area contributed by atoms with E-state index in [1.807, 2.05) is 20.8 Å². The van der Waals surface area contributed by atoms with Crippen LogP contribution >= 0.6 is 0 Å². The Bertz CT molecular complexity index is 786. The predicted octanol–water partition coefficient (Wildman–Crippen LogP) is 4.24. The second-order valence-corrected chi connectivity index (χ2v) is 6.09. The number of carbonyl (C=O) groups is 2. The quantitative estimate of drug-likeness (QED) is 0.636. The van der Waals surface area contributed by atoms with Gasteiger partial charge in [0, 0.05) is 17.7 Å². The fraction of sp³-hybridized carbons (Fsp3) is 0.364. The summed E-state index contributed by atoms with van der Waals surface area (Å²) in [5.74, 6) is 0.692. The van der Waals surface area contributed by atoms with Crippen LogP contribution in [0.5, 0.6) is 11.5 Å². The van der Waals surface area contributed by atoms with Gasteiger partial charge >= 0.3 is 0 Å². The maximum atomic E-state index is 13.1. The molecule has 0 aromatic heterocycles. The van der Waals surface area contributed by atoms with Crippen molar-refractivity contribution in [3.8, 4) is 11.5 Å². The maximum Gasteiger partial charge on any atom is 0.252 e. The van der Waals surface area contributed by atoms with Crippen LogP contribution in [0.15, 0.2) is 42.5 Å². The lowest BCUT2D eigenvalue weighted by molar-refractivity contribution is 0.0944. The molecule has 0 unspecified atom stereocenters. The average Bonchev–Trinajstić information content (AvgIpc) is 2.70. The molecule has 0 radical (unpaired) electrons. The third-order valence-corrected chi connectivity index (χ3v) is 3.88. The summed E-state index contributed by atoms with van der Waals surface area (Å²) in [6.45, 7) is 7.51. The lowest BCUT2D eigenvalue weighted by Gasteiger charge is -2.14. The molecular formula is C22H27NO4. The van der Waals surface area contributed by atoms with E-state index in [4.69, 9.17) is 9.47 Å². The Balaban J connectivity index is 2.37. The molecule has 0 aliphatic carbocycles. The maximum absolute atomic E-state index is 13.1. The molecule has 2 aromatic carbocycles. The molecule has 0 spiro atoms. The van der Waals surface area contributed by atoms with Gasteiger partial charge in [-0.15, -0.1) is 0 Å². The average molecular weight is 369 g/mol. The lowest BCUT2D eigenvalue weighted by atomic mass is 9.97. The molecule has 0 fully saturated rings. The van der Waals surface area contributed by atoms with Gasteiger partial charge in [-0.1, -0.05) is 32.0 Å². The summed E-state index contributed by atoms with van der Waals surface area (Å²) in [4.78, 5) is 25.3. The standard InChI is InChI=1S/C22H27NO4/c1-4-13-26-19-12-11-16(15-20(19)27-14-5-2)21(24)17-9-7-8-10-18(17)22(25)23-6-3/h7-12,15H,4-6,13-14H2,1-3H3,(H,23,25). The van der Waals surface area contributed by atoms with Crippen LogP contribution < -0.4 is 14.8 Å². The minimum absolute atomic E-state index is 0.222. The highest BCUT2D eigenvalue weighted by atomic mass is 16.5. The third-order valence-electron chi connectivity index (χ3n) is 3.88. The van der Waals surface area contributed by atoms with Gasteiger partial charge in [0.05, 0.1) is 18.8 Å². The first-order valence-corrected chi connectivity index (χ1v) is 9.43. The first kappa shape index (κ1) is 20.5. The summed E-state index contributed by atoms with van der Waals surface area (Å²) in [6.07, 6.45) is 1.74. The van der Waals surface area contributed by atoms with Crippen LogP contribution in [0, 0.1) is 0 Å². The van der Waals surface area contributed by atoms with Crippen molar-refractivity contribution in [3.63, 3.8) is 0 Å². The van der Waals surface area contributed by atoms with Crippen molar-refractivity contribution in [2.45, 2.75) is 33.6 Å². The van der Waals surface area contributed by atoms with Gasteiger partial charge < -0.3 is 14.8 Å². The van der Waals surface area contributed by atoms with Crippen molar-refractivity contribution in [2.24, 2.45) is 0 Å². The number of amides is 1. The van der Waals surface area contributed by atoms with E-state index in [0.717, 1.165) is 12.8 Å². The Labute approximate surface area is 160 Å². The summed E-state index contributed by atoms with van der Waals surface area (Å²) in [6, 6.07) is 12.0. The number of benzene rings is 2. The number of carbonyl (C=O) groups excluding carboxylic acids is 2. The minimum atomic E-state index is -0.258. The normalized spacial score (nSPS) is 10.3. The van der Waals surface area contributed by atoms with Crippen LogP contribution in [-0.2, 0) is 0 Å². The van der Waals surface area contributed by atoms with Crippen molar-refractivity contribution in [2.75, 3.05) is 19.8 Å². The summed E-state index contributed by atoms with van der Waals surface area (Å²) in [7, 11) is 0. The molecule has 0 aliphatic rings. The van der Waals surface area contributed by atoms with E-state index in [-0.39, 0.29) is 11.7 Å². The number of hydrogen-bond acceptors (Lipinski definition) is 4. The smallest absolute Gasteiger partial charge is 0.252 e. The first-order valence-electron chi connectivity index (χ1n) is 9.43. The molecule has 0 saturated heterocycles. The molecule has 2 rings (SSSR count). The van der Waals surface area contributed by atoms with Gasteiger partial charge in [0.25, 0.3) is 5.91 Å². The first-order chi connectivity index (χ1) is 13.1. The van der Waals surface area contributed by atoms with E-state index in [0.29, 0.717) is 47.9 Å². The lowest BCUT2D eigenvalue weighted by Crippen LogP contribution is -2.25. The molecule has 0 bridgehead atoms. The predicted molar refractivity (Wildman–Crippen MR) is 106 cm³/mol. The molecule has 27 heavy (non-hydrogen) atoms. The van der Waals surface area contributed by atoms with Crippen LogP contribution in [0.25, 0.3) is 0 Å². The fourth-order valence-electron chi connectivity index (χ4n) is 2.60. The Kier molecular flexibility index (Phi) is 7.86. The van der Waals surface area contributed by atoms with Gasteiger partial charge in [0.1, 0.15) is 0 Å². The topological polar surface area (TPSA) is 64.6 Å². The van der Waals surface area contributed by atoms with Crippen molar-refractivity contribution >= 4 is 11.7 Å². The molecule has 0 heterocycles. The van der Waals surface area contributed by atoms with Crippen molar-refractivity contribution in [1.29, 1.82) is 0 Å². The SMILES string of the molecule is CCCOc1ccc(C(=O)c2ccccc2C(=O)NCC)cc1OCCC. The van der Waals surface area contributed by atoms with E-state index in [2.05, 4.69) is 5.32 Å². The molecular weight excluding hydrogens is 342 g/mol. The van der Waals surface area contributed by atoms with Gasteiger partial charge in [0.15, 0.2) is 17.3 Å². The van der Waals surface area contributed by atoms with Crippen molar-refractivity contribution < 1.29 is 19.1 Å². The molecule has 1 amide bonds. The number of ether oxygens (including phenoxy) is 2. The summed E-state index contributed by atoms with van der Waals surface area (Å²) in [5.41, 5.74) is 1.19. The molecule has 5 nitrogen and oxygen atoms in total. The third kappa shape index (κ3) is 5.33. The van der Waals surface area contributed by atoms with Gasteiger partial charge in [-0.25, -0.2) is 0 Å². The Morgan fingerprint density at radius 2 is 1.48 bits per heavy atom. The summed E-state index contributed by atoms with van der Waals surface area (Å²) in [5, 5.41) is 2.74. The van der Waals surface area contributed by atoms with E-state index < -0.39 is 0 Å². The van der Waals surface area contributed by atoms with Gasteiger partial charge in [-0.3, -0.25) is 9.59 Å². The molecule has 2 aromatic rings. The molecule has 144 valence electrons. The zero-order valence-corrected chi connectivity index (χ0v) is 16.2. The van der Waals surface area contributed by atoms with Gasteiger partial charge in [-0.05, 0) is 44.0 Å². The van der Waals surface area contributed by atoms with Gasteiger partial charge in [0.2, 0.25) is 0 Å². The van der Waals surface area contributed by atoms with Crippen LogP contribution in [0.3, 0.4) is 0 Å². The van der Waals surface area contributed by atoms with Crippen molar-refractivity contribution in [1.82, 2.24) is 5.32 Å². The van der Waals surface area contributed by atoms with Crippen LogP contribution in [0.2, 0.25) is 0 Å². The number of rotatable bonds is 10. The molecule has 0 saturated carbocycles. The molecule has 0 atom stereocenters. The molecule has 1 N–H and O–H groups in total. The number of ketones is 1. The highest BCUT2D eigenvalue weighted by Crippen LogP contribution is 2.30. The van der Waals surface area contributed by atoms with E-state index in [1.54, 1.807) is 42.5 Å². The zero-order chi connectivity index (χ0) is 19.6. The minimum Gasteiger partial charge on any atom is -0.490 e. The highest BCUT2D eigenvalue weighted by molar-refractivity contribution is 6.15. The van der Waals surface area contributed by atoms with E-state index in [1.165, 1.54) is 0 Å². The molecule has 5 heteroatoms. The number of nitrogens with one attached hydrogen (secondary N) is 1. The zero-order valence-electron chi connectivity index (χ0n) is 16.2. The second kappa shape index (κ2) is 10.4. The van der Waals surface area contributed by atoms with E-state index in [9.17, 15) is 9.59 Å². The van der Waals surface area contributed by atoms with Crippen LogP contribution in [0.1, 0.15) is 59.9 Å². The monoisotopic (exact) mass is 369 g/mol.